The molecule has 1 rings (SSSR count). The van der Waals surface area contributed by atoms with Crippen LogP contribution in [0.15, 0.2) is 30.3 Å². The maximum atomic E-state index is 10.9. The minimum atomic E-state index is -0.590. The molecule has 0 amide bonds. The van der Waals surface area contributed by atoms with Crippen LogP contribution in [0.25, 0.3) is 0 Å². The van der Waals surface area contributed by atoms with Crippen LogP contribution in [0.2, 0.25) is 0 Å². The Hall–Kier alpha value is -2.38. The smallest absolute Gasteiger partial charge is 0.165 e. The van der Waals surface area contributed by atoms with Crippen molar-refractivity contribution in [2.24, 2.45) is 0 Å². The fourth-order valence-electron chi connectivity index (χ4n) is 1.64. The molecule has 1 N–H and O–H groups in total. The first-order chi connectivity index (χ1) is 9.11. The summed E-state index contributed by atoms with van der Waals surface area (Å²) in [6, 6.07) is 8.64. The summed E-state index contributed by atoms with van der Waals surface area (Å²) in [5, 5.41) is 21.0. The van der Waals surface area contributed by atoms with Gasteiger partial charge in [0.15, 0.2) is 10.1 Å². The van der Waals surface area contributed by atoms with E-state index >= 15 is 0 Å². The van der Waals surface area contributed by atoms with Crippen LogP contribution in [0.3, 0.4) is 0 Å². The Morgan fingerprint density at radius 2 is 1.74 bits per heavy atom. The molecule has 0 aliphatic rings. The molecule has 0 spiro atoms. The van der Waals surface area contributed by atoms with Crippen molar-refractivity contribution in [1.29, 1.82) is 0 Å². The lowest BCUT2D eigenvalue weighted by atomic mass is 10.2. The first-order valence-electron chi connectivity index (χ1n) is 5.96. The molecule has 1 aromatic carbocycles. The van der Waals surface area contributed by atoms with Crippen molar-refractivity contribution in [3.8, 4) is 0 Å². The summed E-state index contributed by atoms with van der Waals surface area (Å²) in [5.41, 5.74) is 2.60. The average Bonchev–Trinajstić information content (AvgIpc) is 2.38. The zero-order chi connectivity index (χ0) is 14.1. The number of benzene rings is 1. The molecular formula is C11H16N4O4. The van der Waals surface area contributed by atoms with Crippen LogP contribution in [0, 0.1) is 20.2 Å². The number of nitrogens with zero attached hydrogens (tertiary/aromatic N) is 3. The predicted octanol–water partition coefficient (Wildman–Crippen LogP) is 1.64. The topological polar surface area (TPSA) is 102 Å². The summed E-state index contributed by atoms with van der Waals surface area (Å²) in [4.78, 5) is 21.0. The molecule has 0 atom stereocenters. The van der Waals surface area contributed by atoms with Gasteiger partial charge in [0.1, 0.15) is 5.69 Å². The lowest BCUT2D eigenvalue weighted by Crippen LogP contribution is -2.30. The maximum Gasteiger partial charge on any atom is 0.165 e. The minimum Gasteiger partial charge on any atom is -0.235 e. The summed E-state index contributed by atoms with van der Waals surface area (Å²) in [6.45, 7) is 0.562. The van der Waals surface area contributed by atoms with E-state index in [1.165, 1.54) is 0 Å². The lowest BCUT2D eigenvalue weighted by molar-refractivity contribution is -0.544. The highest BCUT2D eigenvalue weighted by Crippen LogP contribution is 2.14. The van der Waals surface area contributed by atoms with Gasteiger partial charge in [-0.25, -0.2) is 20.2 Å². The molecule has 0 bridgehead atoms. The molecular weight excluding hydrogens is 252 g/mol. The van der Waals surface area contributed by atoms with Gasteiger partial charge in [-0.3, -0.25) is 0 Å². The molecule has 0 saturated heterocycles. The Kier molecular flexibility index (Phi) is 6.07. The summed E-state index contributed by atoms with van der Waals surface area (Å²) in [5.74, 6) is 0. The van der Waals surface area contributed by atoms with E-state index in [9.17, 15) is 20.2 Å². The van der Waals surface area contributed by atoms with Gasteiger partial charge in [0, 0.05) is 0 Å². The first kappa shape index (κ1) is 14.7. The fraction of sp³-hybridized carbons (Fsp3) is 0.455. The number of unbranched alkanes of at least 4 members (excludes halogenated alkanes) is 2. The minimum absolute atomic E-state index is 0.275. The van der Waals surface area contributed by atoms with Crippen molar-refractivity contribution in [2.75, 3.05) is 18.1 Å². The maximum absolute atomic E-state index is 10.9. The number of hydrogen-bond donors (Lipinski definition) is 1. The van der Waals surface area contributed by atoms with E-state index in [-0.39, 0.29) is 13.1 Å². The lowest BCUT2D eigenvalue weighted by Gasteiger charge is -2.13. The molecule has 0 aromatic heterocycles. The van der Waals surface area contributed by atoms with Crippen LogP contribution in [0.4, 0.5) is 5.69 Å². The highest BCUT2D eigenvalue weighted by atomic mass is 16.7. The molecule has 104 valence electrons. The summed E-state index contributed by atoms with van der Waals surface area (Å²) in [6.07, 6.45) is 1.91. The number of nitro groups is 2. The molecule has 0 heterocycles. The van der Waals surface area contributed by atoms with Crippen LogP contribution in [0.1, 0.15) is 19.3 Å². The van der Waals surface area contributed by atoms with E-state index < -0.39 is 10.1 Å². The summed E-state index contributed by atoms with van der Waals surface area (Å²) < 4.78 is 0. The summed E-state index contributed by atoms with van der Waals surface area (Å²) in [7, 11) is 0. The standard InChI is InChI=1S/C11H16N4O4/c16-14(17)12-9-5-2-6-10-13(15(18)19)11-7-3-1-4-8-11/h1,3-4,7-8,12H,2,5-6,9-10H2. The molecule has 1 aromatic rings. The number of hydrogen-bond acceptors (Lipinski definition) is 4. The van der Waals surface area contributed by atoms with Crippen molar-refractivity contribution in [3.05, 3.63) is 50.6 Å². The summed E-state index contributed by atoms with van der Waals surface area (Å²) >= 11 is 0. The number of nitrogens with one attached hydrogen (secondary N) is 1. The van der Waals surface area contributed by atoms with Crippen LogP contribution in [0.5, 0.6) is 0 Å². The van der Waals surface area contributed by atoms with E-state index in [1.807, 2.05) is 0 Å². The fourth-order valence-corrected chi connectivity index (χ4v) is 1.64. The van der Waals surface area contributed by atoms with E-state index in [1.54, 1.807) is 30.3 Å². The van der Waals surface area contributed by atoms with Crippen molar-refractivity contribution in [3.63, 3.8) is 0 Å². The number of hydrazine groups is 2. The third-order valence-electron chi connectivity index (χ3n) is 2.54. The van der Waals surface area contributed by atoms with Gasteiger partial charge in [0.05, 0.1) is 13.1 Å². The van der Waals surface area contributed by atoms with Gasteiger partial charge in [0.25, 0.3) is 0 Å². The molecule has 8 heteroatoms. The first-order valence-corrected chi connectivity index (χ1v) is 5.96. The monoisotopic (exact) mass is 268 g/mol. The van der Waals surface area contributed by atoms with Gasteiger partial charge in [0.2, 0.25) is 0 Å². The molecule has 0 saturated carbocycles. The third kappa shape index (κ3) is 5.66. The Bertz CT molecular complexity index is 412. The Morgan fingerprint density at radius 1 is 1.05 bits per heavy atom. The predicted molar refractivity (Wildman–Crippen MR) is 69.6 cm³/mol. The molecule has 0 unspecified atom stereocenters. The second-order valence-electron chi connectivity index (χ2n) is 3.92. The highest BCUT2D eigenvalue weighted by molar-refractivity contribution is 5.42. The molecule has 0 aliphatic heterocycles. The molecule has 0 aliphatic carbocycles. The molecule has 0 fully saturated rings. The Morgan fingerprint density at radius 3 is 2.32 bits per heavy atom. The van der Waals surface area contributed by atoms with E-state index in [2.05, 4.69) is 5.43 Å². The van der Waals surface area contributed by atoms with E-state index in [0.717, 1.165) is 5.01 Å². The normalized spacial score (nSPS) is 9.89. The Balaban J connectivity index is 2.32. The van der Waals surface area contributed by atoms with Crippen LogP contribution in [-0.4, -0.2) is 23.2 Å². The SMILES string of the molecule is O=[N+]([O-])NCCCCCN(c1ccccc1)[N+](=O)[O-]. The number of anilines is 1. The largest absolute Gasteiger partial charge is 0.235 e. The second kappa shape index (κ2) is 7.85. The van der Waals surface area contributed by atoms with Gasteiger partial charge in [-0.15, -0.1) is 5.43 Å². The second-order valence-corrected chi connectivity index (χ2v) is 3.92. The molecule has 19 heavy (non-hydrogen) atoms. The van der Waals surface area contributed by atoms with Crippen molar-refractivity contribution < 1.29 is 10.1 Å². The third-order valence-corrected chi connectivity index (χ3v) is 2.54. The number of rotatable bonds is 9. The van der Waals surface area contributed by atoms with Crippen molar-refractivity contribution in [1.82, 2.24) is 5.43 Å². The van der Waals surface area contributed by atoms with Crippen molar-refractivity contribution in [2.45, 2.75) is 19.3 Å². The Labute approximate surface area is 110 Å². The van der Waals surface area contributed by atoms with Gasteiger partial charge in [-0.2, -0.15) is 0 Å². The van der Waals surface area contributed by atoms with Crippen molar-refractivity contribution >= 4 is 5.69 Å². The zero-order valence-electron chi connectivity index (χ0n) is 10.4. The number of para-hydroxylation sites is 1. The van der Waals surface area contributed by atoms with E-state index in [4.69, 9.17) is 0 Å². The molecule has 0 radical (unpaired) electrons. The average molecular weight is 268 g/mol. The van der Waals surface area contributed by atoms with Gasteiger partial charge in [-0.05, 0) is 31.4 Å². The van der Waals surface area contributed by atoms with Gasteiger partial charge in [-0.1, -0.05) is 23.2 Å². The van der Waals surface area contributed by atoms with Crippen LogP contribution in [-0.2, 0) is 0 Å². The highest BCUT2D eigenvalue weighted by Gasteiger charge is 2.15. The molecule has 8 nitrogen and oxygen atoms in total. The van der Waals surface area contributed by atoms with E-state index in [0.29, 0.717) is 24.9 Å². The van der Waals surface area contributed by atoms with Crippen LogP contribution < -0.4 is 10.4 Å². The zero-order valence-corrected chi connectivity index (χ0v) is 10.4. The quantitative estimate of drug-likeness (QED) is 0.415. The van der Waals surface area contributed by atoms with Crippen LogP contribution >= 0.6 is 0 Å². The van der Waals surface area contributed by atoms with Gasteiger partial charge < -0.3 is 0 Å². The van der Waals surface area contributed by atoms with Gasteiger partial charge >= 0.3 is 0 Å².